The monoisotopic (exact) mass is 226 g/mol. The number of hydrogen-bond acceptors (Lipinski definition) is 5. The van der Waals surface area contributed by atoms with Crippen LogP contribution in [0.4, 0.5) is 0 Å². The number of hydrogen-bond donors (Lipinski definition) is 1. The lowest BCUT2D eigenvalue weighted by atomic mass is 10.4. The predicted octanol–water partition coefficient (Wildman–Crippen LogP) is 1.46. The van der Waals surface area contributed by atoms with Gasteiger partial charge in [0, 0.05) is 5.25 Å². The van der Waals surface area contributed by atoms with E-state index in [9.17, 15) is 9.59 Å². The smallest absolute Gasteiger partial charge is 0.356 e. The van der Waals surface area contributed by atoms with Gasteiger partial charge in [-0.3, -0.25) is 9.78 Å². The Morgan fingerprint density at radius 2 is 1.93 bits per heavy atom. The first-order valence-electron chi connectivity index (χ1n) is 4.27. The Balaban J connectivity index is 2.90. The van der Waals surface area contributed by atoms with Crippen LogP contribution in [-0.2, 0) is 0 Å². The largest absolute Gasteiger partial charge is 0.476 e. The van der Waals surface area contributed by atoms with Gasteiger partial charge in [-0.15, -0.1) is 0 Å². The molecule has 0 amide bonds. The van der Waals surface area contributed by atoms with Crippen molar-refractivity contribution < 1.29 is 14.7 Å². The van der Waals surface area contributed by atoms with E-state index in [1.54, 1.807) is 0 Å². The van der Waals surface area contributed by atoms with Crippen molar-refractivity contribution in [2.24, 2.45) is 0 Å². The number of carbonyl (C=O) groups excluding carboxylic acids is 1. The summed E-state index contributed by atoms with van der Waals surface area (Å²) in [6, 6.07) is 0. The molecule has 1 aromatic heterocycles. The Bertz CT molecular complexity index is 393. The van der Waals surface area contributed by atoms with E-state index in [1.807, 2.05) is 13.8 Å². The maximum atomic E-state index is 11.5. The minimum absolute atomic E-state index is 0.0774. The lowest BCUT2D eigenvalue weighted by molar-refractivity contribution is 0.0690. The molecule has 0 atom stereocenters. The molecule has 0 unspecified atom stereocenters. The van der Waals surface area contributed by atoms with E-state index in [0.717, 1.165) is 18.0 Å². The molecule has 1 rings (SSSR count). The van der Waals surface area contributed by atoms with E-state index in [-0.39, 0.29) is 21.8 Å². The van der Waals surface area contributed by atoms with Gasteiger partial charge in [0.25, 0.3) is 0 Å². The van der Waals surface area contributed by atoms with E-state index in [0.29, 0.717) is 0 Å². The Morgan fingerprint density at radius 1 is 1.33 bits per heavy atom. The molecule has 0 saturated carbocycles. The van der Waals surface area contributed by atoms with E-state index >= 15 is 0 Å². The van der Waals surface area contributed by atoms with E-state index in [2.05, 4.69) is 9.97 Å². The first kappa shape index (κ1) is 11.6. The highest BCUT2D eigenvalue weighted by molar-refractivity contribution is 8.14. The van der Waals surface area contributed by atoms with Crippen LogP contribution in [0.2, 0.25) is 0 Å². The third-order valence-electron chi connectivity index (χ3n) is 1.41. The number of carboxylic acid groups (broad SMARTS) is 1. The van der Waals surface area contributed by atoms with Gasteiger partial charge in [0.1, 0.15) is 5.69 Å². The van der Waals surface area contributed by atoms with Gasteiger partial charge in [-0.1, -0.05) is 25.6 Å². The summed E-state index contributed by atoms with van der Waals surface area (Å²) in [6.07, 6.45) is 2.38. The van der Waals surface area contributed by atoms with Crippen molar-refractivity contribution in [2.75, 3.05) is 0 Å². The van der Waals surface area contributed by atoms with Gasteiger partial charge >= 0.3 is 5.97 Å². The molecule has 0 aliphatic rings. The van der Waals surface area contributed by atoms with Gasteiger partial charge in [-0.2, -0.15) is 0 Å². The maximum absolute atomic E-state index is 11.5. The fourth-order valence-corrected chi connectivity index (χ4v) is 1.49. The van der Waals surface area contributed by atoms with Gasteiger partial charge in [-0.05, 0) is 0 Å². The quantitative estimate of drug-likeness (QED) is 0.840. The molecule has 1 N–H and O–H groups in total. The highest BCUT2D eigenvalue weighted by atomic mass is 32.2. The molecule has 0 spiro atoms. The molecular formula is C9H10N2O3S. The maximum Gasteiger partial charge on any atom is 0.356 e. The number of rotatable bonds is 3. The molecule has 0 bridgehead atoms. The van der Waals surface area contributed by atoms with Gasteiger partial charge < -0.3 is 5.11 Å². The Labute approximate surface area is 90.9 Å². The molecule has 6 heteroatoms. The molecular weight excluding hydrogens is 216 g/mol. The van der Waals surface area contributed by atoms with Gasteiger partial charge in [0.15, 0.2) is 5.69 Å². The number of carbonyl (C=O) groups is 2. The van der Waals surface area contributed by atoms with Crippen LogP contribution in [0.5, 0.6) is 0 Å². The van der Waals surface area contributed by atoms with Crippen molar-refractivity contribution in [3.8, 4) is 0 Å². The Morgan fingerprint density at radius 3 is 2.47 bits per heavy atom. The van der Waals surface area contributed by atoms with E-state index in [4.69, 9.17) is 5.11 Å². The summed E-state index contributed by atoms with van der Waals surface area (Å²) >= 11 is 1.09. The molecule has 15 heavy (non-hydrogen) atoms. The molecule has 1 heterocycles. The van der Waals surface area contributed by atoms with E-state index in [1.165, 1.54) is 6.20 Å². The summed E-state index contributed by atoms with van der Waals surface area (Å²) in [6.45, 7) is 3.74. The predicted molar refractivity (Wildman–Crippen MR) is 56.0 cm³/mol. The number of thioether (sulfide) groups is 1. The number of aromatic nitrogens is 2. The van der Waals surface area contributed by atoms with Crippen LogP contribution in [0, 0.1) is 0 Å². The average molecular weight is 226 g/mol. The van der Waals surface area contributed by atoms with Crippen molar-refractivity contribution in [1.82, 2.24) is 9.97 Å². The van der Waals surface area contributed by atoms with Gasteiger partial charge in [0.05, 0.1) is 12.4 Å². The van der Waals surface area contributed by atoms with Crippen molar-refractivity contribution in [1.29, 1.82) is 0 Å². The second kappa shape index (κ2) is 4.88. The van der Waals surface area contributed by atoms with Crippen LogP contribution >= 0.6 is 11.8 Å². The van der Waals surface area contributed by atoms with Crippen molar-refractivity contribution in [3.63, 3.8) is 0 Å². The lowest BCUT2D eigenvalue weighted by Crippen LogP contribution is -2.08. The highest BCUT2D eigenvalue weighted by Crippen LogP contribution is 2.15. The summed E-state index contributed by atoms with van der Waals surface area (Å²) < 4.78 is 0. The zero-order chi connectivity index (χ0) is 11.4. The summed E-state index contributed by atoms with van der Waals surface area (Å²) in [7, 11) is 0. The average Bonchev–Trinajstić information content (AvgIpc) is 2.17. The minimum atomic E-state index is -1.19. The topological polar surface area (TPSA) is 80.2 Å². The van der Waals surface area contributed by atoms with Crippen molar-refractivity contribution >= 4 is 22.8 Å². The number of nitrogens with zero attached hydrogens (tertiary/aromatic N) is 2. The summed E-state index contributed by atoms with van der Waals surface area (Å²) in [5, 5.41) is 8.52. The molecule has 5 nitrogen and oxygen atoms in total. The Hall–Kier alpha value is -1.43. The minimum Gasteiger partial charge on any atom is -0.476 e. The van der Waals surface area contributed by atoms with Crippen LogP contribution in [0.3, 0.4) is 0 Å². The van der Waals surface area contributed by atoms with Crippen LogP contribution in [0.1, 0.15) is 34.8 Å². The van der Waals surface area contributed by atoms with Crippen LogP contribution < -0.4 is 0 Å². The highest BCUT2D eigenvalue weighted by Gasteiger charge is 2.13. The van der Waals surface area contributed by atoms with Crippen molar-refractivity contribution in [3.05, 3.63) is 23.8 Å². The molecule has 80 valence electrons. The first-order valence-corrected chi connectivity index (χ1v) is 5.15. The number of carboxylic acids is 1. The molecule has 0 aliphatic carbocycles. The zero-order valence-corrected chi connectivity index (χ0v) is 9.11. The zero-order valence-electron chi connectivity index (χ0n) is 8.30. The fraction of sp³-hybridized carbons (Fsp3) is 0.333. The van der Waals surface area contributed by atoms with Crippen LogP contribution in [-0.4, -0.2) is 31.4 Å². The van der Waals surface area contributed by atoms with Crippen molar-refractivity contribution in [2.45, 2.75) is 19.1 Å². The molecule has 0 aromatic carbocycles. The molecule has 0 fully saturated rings. The molecule has 0 aliphatic heterocycles. The first-order chi connectivity index (χ1) is 7.00. The third-order valence-corrected chi connectivity index (χ3v) is 2.30. The third kappa shape index (κ3) is 3.32. The second-order valence-electron chi connectivity index (χ2n) is 3.05. The van der Waals surface area contributed by atoms with Crippen LogP contribution in [0.25, 0.3) is 0 Å². The molecule has 0 radical (unpaired) electrons. The standard InChI is InChI=1S/C9H10N2O3S/c1-5(2)15-9(14)7-4-10-3-6(11-7)8(12)13/h3-5H,1-2H3,(H,12,13). The fourth-order valence-electron chi connectivity index (χ4n) is 0.842. The normalized spacial score (nSPS) is 10.3. The van der Waals surface area contributed by atoms with E-state index < -0.39 is 5.97 Å². The SMILES string of the molecule is CC(C)SC(=O)c1cncc(C(=O)O)n1. The summed E-state index contributed by atoms with van der Waals surface area (Å²) in [5.74, 6) is -1.19. The van der Waals surface area contributed by atoms with Gasteiger partial charge in [-0.25, -0.2) is 9.78 Å². The summed E-state index contributed by atoms with van der Waals surface area (Å²) in [5.41, 5.74) is -0.140. The molecule has 0 saturated heterocycles. The van der Waals surface area contributed by atoms with Gasteiger partial charge in [0.2, 0.25) is 5.12 Å². The Kier molecular flexibility index (Phi) is 3.79. The van der Waals surface area contributed by atoms with Crippen LogP contribution in [0.15, 0.2) is 12.4 Å². The second-order valence-corrected chi connectivity index (χ2v) is 4.60. The number of aromatic carboxylic acids is 1. The summed E-state index contributed by atoms with van der Waals surface area (Å²) in [4.78, 5) is 29.4. The molecule has 1 aromatic rings. The lowest BCUT2D eigenvalue weighted by Gasteiger charge is -2.02.